The first-order valence-corrected chi connectivity index (χ1v) is 9.34. The number of carbonyl (C=O) groups is 1. The number of anilines is 1. The van der Waals surface area contributed by atoms with E-state index in [-0.39, 0.29) is 12.2 Å². The van der Waals surface area contributed by atoms with Gasteiger partial charge in [-0.05, 0) is 51.3 Å². The summed E-state index contributed by atoms with van der Waals surface area (Å²) in [6.07, 6.45) is 5.06. The summed E-state index contributed by atoms with van der Waals surface area (Å²) in [4.78, 5) is 14.4. The molecule has 0 radical (unpaired) electrons. The van der Waals surface area contributed by atoms with E-state index in [1.54, 1.807) is 13.0 Å². The molecule has 1 fully saturated rings. The molecule has 0 unspecified atom stereocenters. The summed E-state index contributed by atoms with van der Waals surface area (Å²) in [7, 11) is 0. The Morgan fingerprint density at radius 2 is 1.96 bits per heavy atom. The average Bonchev–Trinajstić information content (AvgIpc) is 3.03. The van der Waals surface area contributed by atoms with Gasteiger partial charge in [0.2, 0.25) is 0 Å². The van der Waals surface area contributed by atoms with Gasteiger partial charge in [-0.3, -0.25) is 0 Å². The Morgan fingerprint density at radius 3 is 2.59 bits per heavy atom. The number of nitriles is 1. The smallest absolute Gasteiger partial charge is 0.348 e. The van der Waals surface area contributed by atoms with E-state index in [2.05, 4.69) is 4.90 Å². The molecule has 0 spiro atoms. The standard InChI is InChI=1S/C21H24N4O2/c1-3-27-21(26)17(15-22)14-19-16(2)23-25(18-10-6-4-7-11-18)20(19)24-12-8-5-9-13-24/h4,6-7,10-11,14H,3,5,8-9,12-13H2,1-2H3. The van der Waals surface area contributed by atoms with Gasteiger partial charge < -0.3 is 9.64 Å². The minimum atomic E-state index is -0.601. The Bertz CT molecular complexity index is 872. The van der Waals surface area contributed by atoms with E-state index >= 15 is 0 Å². The molecule has 1 aliphatic rings. The van der Waals surface area contributed by atoms with Crippen LogP contribution in [0.3, 0.4) is 0 Å². The Hall–Kier alpha value is -3.07. The summed E-state index contributed by atoms with van der Waals surface area (Å²) in [6, 6.07) is 11.9. The van der Waals surface area contributed by atoms with Crippen LogP contribution in [0.25, 0.3) is 11.8 Å². The fraction of sp³-hybridized carbons (Fsp3) is 0.381. The van der Waals surface area contributed by atoms with Gasteiger partial charge in [-0.1, -0.05) is 18.2 Å². The van der Waals surface area contributed by atoms with Gasteiger partial charge in [0.15, 0.2) is 0 Å². The van der Waals surface area contributed by atoms with Crippen molar-refractivity contribution in [3.8, 4) is 11.8 Å². The number of nitrogens with zero attached hydrogens (tertiary/aromatic N) is 4. The molecule has 2 aromatic rings. The third kappa shape index (κ3) is 4.03. The highest BCUT2D eigenvalue weighted by Crippen LogP contribution is 2.31. The van der Waals surface area contributed by atoms with Crippen LogP contribution in [0.4, 0.5) is 5.82 Å². The van der Waals surface area contributed by atoms with Gasteiger partial charge in [0, 0.05) is 18.7 Å². The minimum absolute atomic E-state index is 0.00850. The van der Waals surface area contributed by atoms with Crippen LogP contribution in [0.2, 0.25) is 0 Å². The van der Waals surface area contributed by atoms with E-state index < -0.39 is 5.97 Å². The van der Waals surface area contributed by atoms with Crippen LogP contribution in [-0.2, 0) is 9.53 Å². The molecule has 0 N–H and O–H groups in total. The molecule has 0 bridgehead atoms. The number of rotatable bonds is 5. The molecule has 1 aromatic heterocycles. The summed E-state index contributed by atoms with van der Waals surface area (Å²) in [5.74, 6) is 0.326. The highest BCUT2D eigenvalue weighted by atomic mass is 16.5. The molecule has 2 heterocycles. The topological polar surface area (TPSA) is 71.1 Å². The van der Waals surface area contributed by atoms with Gasteiger partial charge in [-0.2, -0.15) is 10.4 Å². The van der Waals surface area contributed by atoms with Crippen LogP contribution >= 0.6 is 0 Å². The zero-order chi connectivity index (χ0) is 19.2. The van der Waals surface area contributed by atoms with E-state index in [4.69, 9.17) is 9.84 Å². The first kappa shape index (κ1) is 18.7. The Balaban J connectivity index is 2.14. The lowest BCUT2D eigenvalue weighted by Gasteiger charge is -2.29. The second kappa shape index (κ2) is 8.54. The number of esters is 1. The van der Waals surface area contributed by atoms with Gasteiger partial charge in [0.25, 0.3) is 0 Å². The molecule has 140 valence electrons. The number of hydrogen-bond donors (Lipinski definition) is 0. The number of aryl methyl sites for hydroxylation is 1. The van der Waals surface area contributed by atoms with Crippen molar-refractivity contribution in [1.82, 2.24) is 9.78 Å². The van der Waals surface area contributed by atoms with Crippen molar-refractivity contribution in [2.45, 2.75) is 33.1 Å². The Labute approximate surface area is 159 Å². The summed E-state index contributed by atoms with van der Waals surface area (Å²) in [6.45, 7) is 5.73. The zero-order valence-electron chi connectivity index (χ0n) is 15.8. The quantitative estimate of drug-likeness (QED) is 0.460. The highest BCUT2D eigenvalue weighted by molar-refractivity contribution is 5.99. The second-order valence-electron chi connectivity index (χ2n) is 6.51. The summed E-state index contributed by atoms with van der Waals surface area (Å²) < 4.78 is 6.92. The second-order valence-corrected chi connectivity index (χ2v) is 6.51. The van der Waals surface area contributed by atoms with E-state index in [0.717, 1.165) is 48.7 Å². The lowest BCUT2D eigenvalue weighted by molar-refractivity contribution is -0.137. The van der Waals surface area contributed by atoms with Crippen LogP contribution in [0.5, 0.6) is 0 Å². The van der Waals surface area contributed by atoms with Gasteiger partial charge in [-0.25, -0.2) is 9.48 Å². The monoisotopic (exact) mass is 364 g/mol. The fourth-order valence-electron chi connectivity index (χ4n) is 3.35. The van der Waals surface area contributed by atoms with E-state index in [0.29, 0.717) is 0 Å². The molecule has 6 nitrogen and oxygen atoms in total. The lowest BCUT2D eigenvalue weighted by Crippen LogP contribution is -2.31. The molecule has 1 saturated heterocycles. The average molecular weight is 364 g/mol. The highest BCUT2D eigenvalue weighted by Gasteiger charge is 2.24. The molecule has 1 aromatic carbocycles. The van der Waals surface area contributed by atoms with Gasteiger partial charge in [-0.15, -0.1) is 0 Å². The molecule has 0 atom stereocenters. The van der Waals surface area contributed by atoms with Gasteiger partial charge in [0.05, 0.1) is 18.0 Å². The zero-order valence-corrected chi connectivity index (χ0v) is 15.8. The Morgan fingerprint density at radius 1 is 1.26 bits per heavy atom. The van der Waals surface area contributed by atoms with Crippen molar-refractivity contribution in [3.05, 3.63) is 47.2 Å². The summed E-state index contributed by atoms with van der Waals surface area (Å²) >= 11 is 0. The van der Waals surface area contributed by atoms with Crippen LogP contribution in [0.1, 0.15) is 37.4 Å². The van der Waals surface area contributed by atoms with Crippen molar-refractivity contribution in [3.63, 3.8) is 0 Å². The summed E-state index contributed by atoms with van der Waals surface area (Å²) in [5, 5.41) is 14.2. The maximum Gasteiger partial charge on any atom is 0.348 e. The molecule has 3 rings (SSSR count). The molecular formula is C21H24N4O2. The number of ether oxygens (including phenoxy) is 1. The van der Waals surface area contributed by atoms with Crippen molar-refractivity contribution < 1.29 is 9.53 Å². The van der Waals surface area contributed by atoms with E-state index in [1.807, 2.05) is 48.0 Å². The molecule has 0 aliphatic carbocycles. The summed E-state index contributed by atoms with van der Waals surface area (Å²) in [5.41, 5.74) is 2.52. The number of carbonyl (C=O) groups excluding carboxylic acids is 1. The van der Waals surface area contributed by atoms with Gasteiger partial charge >= 0.3 is 5.97 Å². The van der Waals surface area contributed by atoms with Crippen LogP contribution in [0.15, 0.2) is 35.9 Å². The lowest BCUT2D eigenvalue weighted by atomic mass is 10.1. The van der Waals surface area contributed by atoms with Crippen molar-refractivity contribution >= 4 is 17.9 Å². The van der Waals surface area contributed by atoms with Crippen molar-refractivity contribution in [2.75, 3.05) is 24.6 Å². The normalized spacial score (nSPS) is 14.7. The maximum atomic E-state index is 12.1. The van der Waals surface area contributed by atoms with Crippen molar-refractivity contribution in [1.29, 1.82) is 5.26 Å². The number of hydrogen-bond acceptors (Lipinski definition) is 5. The molecule has 27 heavy (non-hydrogen) atoms. The fourth-order valence-corrected chi connectivity index (χ4v) is 3.35. The number of aromatic nitrogens is 2. The van der Waals surface area contributed by atoms with Crippen LogP contribution < -0.4 is 4.90 Å². The molecule has 0 saturated carbocycles. The molecular weight excluding hydrogens is 340 g/mol. The van der Waals surface area contributed by atoms with Crippen LogP contribution in [-0.4, -0.2) is 35.4 Å². The van der Waals surface area contributed by atoms with E-state index in [9.17, 15) is 10.1 Å². The number of piperidine rings is 1. The Kier molecular flexibility index (Phi) is 5.92. The van der Waals surface area contributed by atoms with Crippen LogP contribution in [0, 0.1) is 18.3 Å². The third-order valence-corrected chi connectivity index (χ3v) is 4.64. The van der Waals surface area contributed by atoms with Gasteiger partial charge in [0.1, 0.15) is 17.5 Å². The SMILES string of the molecule is CCOC(=O)C(C#N)=Cc1c(C)nn(-c2ccccc2)c1N1CCCCC1. The first-order valence-electron chi connectivity index (χ1n) is 9.34. The maximum absolute atomic E-state index is 12.1. The number of benzene rings is 1. The first-order chi connectivity index (χ1) is 13.2. The predicted molar refractivity (Wildman–Crippen MR) is 105 cm³/mol. The molecule has 6 heteroatoms. The number of para-hydroxylation sites is 1. The predicted octanol–water partition coefficient (Wildman–Crippen LogP) is 3.64. The minimum Gasteiger partial charge on any atom is -0.462 e. The largest absolute Gasteiger partial charge is 0.462 e. The third-order valence-electron chi connectivity index (χ3n) is 4.64. The molecule has 0 amide bonds. The molecule has 1 aliphatic heterocycles. The van der Waals surface area contributed by atoms with Crippen molar-refractivity contribution in [2.24, 2.45) is 0 Å². The van der Waals surface area contributed by atoms with E-state index in [1.165, 1.54) is 6.42 Å².